The van der Waals surface area contributed by atoms with Crippen molar-refractivity contribution in [2.24, 2.45) is 10.2 Å². The van der Waals surface area contributed by atoms with Crippen LogP contribution in [0, 0.1) is 6.92 Å². The number of carbonyl (C=O) groups excluding carboxylic acids is 1. The van der Waals surface area contributed by atoms with E-state index in [0.717, 1.165) is 11.3 Å². The number of aryl methyl sites for hydroxylation is 1. The molecule has 0 heterocycles. The Hall–Kier alpha value is -3.47. The van der Waals surface area contributed by atoms with Crippen LogP contribution in [0.1, 0.15) is 5.56 Å². The summed E-state index contributed by atoms with van der Waals surface area (Å²) in [6, 6.07) is 14.9. The van der Waals surface area contributed by atoms with Gasteiger partial charge in [0, 0.05) is 5.69 Å². The molecule has 1 N–H and O–H groups in total. The molecule has 0 spiro atoms. The van der Waals surface area contributed by atoms with Gasteiger partial charge in [-0.25, -0.2) is 0 Å². The van der Waals surface area contributed by atoms with Gasteiger partial charge >= 0.3 is 0 Å². The Morgan fingerprint density at radius 3 is 2.38 bits per heavy atom. The van der Waals surface area contributed by atoms with Gasteiger partial charge in [0.1, 0.15) is 5.76 Å². The Morgan fingerprint density at radius 1 is 1.12 bits per heavy atom. The van der Waals surface area contributed by atoms with Crippen LogP contribution in [0.25, 0.3) is 0 Å². The van der Waals surface area contributed by atoms with Crippen molar-refractivity contribution in [3.63, 3.8) is 0 Å². The van der Waals surface area contributed by atoms with Gasteiger partial charge in [0.25, 0.3) is 5.91 Å². The van der Waals surface area contributed by atoms with Crippen LogP contribution in [0.2, 0.25) is 0 Å². The summed E-state index contributed by atoms with van der Waals surface area (Å²) < 4.78 is 5.04. The second-order valence-electron chi connectivity index (χ2n) is 5.49. The van der Waals surface area contributed by atoms with Crippen molar-refractivity contribution < 1.29 is 9.53 Å². The fourth-order valence-corrected chi connectivity index (χ4v) is 2.17. The Balaban J connectivity index is 2.16. The smallest absolute Gasteiger partial charge is 0.259 e. The second kappa shape index (κ2) is 9.13. The molecule has 0 saturated carbocycles. The van der Waals surface area contributed by atoms with E-state index in [4.69, 9.17) is 4.74 Å². The van der Waals surface area contributed by atoms with Crippen molar-refractivity contribution in [3.8, 4) is 0 Å². The van der Waals surface area contributed by atoms with E-state index < -0.39 is 0 Å². The first-order valence-corrected chi connectivity index (χ1v) is 7.99. The highest BCUT2D eigenvalue weighted by atomic mass is 16.5. The summed E-state index contributed by atoms with van der Waals surface area (Å²) in [4.78, 5) is 12.4. The van der Waals surface area contributed by atoms with Crippen molar-refractivity contribution in [2.75, 3.05) is 12.4 Å². The molecule has 0 radical (unpaired) electrons. The number of rotatable bonds is 7. The van der Waals surface area contributed by atoms with Crippen LogP contribution >= 0.6 is 0 Å². The summed E-state index contributed by atoms with van der Waals surface area (Å²) in [5.74, 6) is -0.0813. The summed E-state index contributed by atoms with van der Waals surface area (Å²) >= 11 is 0. The van der Waals surface area contributed by atoms with Gasteiger partial charge in [0.05, 0.1) is 24.1 Å². The third kappa shape index (κ3) is 5.27. The zero-order chi connectivity index (χ0) is 18.9. The van der Waals surface area contributed by atoms with Crippen molar-refractivity contribution in [3.05, 3.63) is 90.7 Å². The topological polar surface area (TPSA) is 63.0 Å². The number of carbonyl (C=O) groups is 1. The normalized spacial score (nSPS) is 11.2. The number of azo groups is 1. The lowest BCUT2D eigenvalue weighted by Crippen LogP contribution is -2.16. The van der Waals surface area contributed by atoms with Crippen LogP contribution in [0.3, 0.4) is 0 Å². The Morgan fingerprint density at radius 2 is 1.77 bits per heavy atom. The highest BCUT2D eigenvalue weighted by Crippen LogP contribution is 2.23. The molecule has 2 aromatic carbocycles. The lowest BCUT2D eigenvalue weighted by molar-refractivity contribution is -0.112. The number of hydrogen-bond acceptors (Lipinski definition) is 4. The van der Waals surface area contributed by atoms with Crippen LogP contribution < -0.4 is 5.32 Å². The molecule has 0 aliphatic rings. The van der Waals surface area contributed by atoms with Crippen molar-refractivity contribution in [1.29, 1.82) is 0 Å². The average Bonchev–Trinajstić information content (AvgIpc) is 2.64. The Labute approximate surface area is 153 Å². The van der Waals surface area contributed by atoms with Gasteiger partial charge < -0.3 is 10.1 Å². The first-order valence-electron chi connectivity index (χ1n) is 7.99. The van der Waals surface area contributed by atoms with Gasteiger partial charge in [-0.3, -0.25) is 4.79 Å². The van der Waals surface area contributed by atoms with E-state index in [0.29, 0.717) is 16.9 Å². The number of ether oxygens (including phenoxy) is 1. The first-order chi connectivity index (χ1) is 12.5. The fourth-order valence-electron chi connectivity index (χ4n) is 2.17. The maximum Gasteiger partial charge on any atom is 0.259 e. The zero-order valence-electron chi connectivity index (χ0n) is 14.9. The maximum absolute atomic E-state index is 12.4. The summed E-state index contributed by atoms with van der Waals surface area (Å²) in [6.45, 7) is 9.31. The van der Waals surface area contributed by atoms with Crippen molar-refractivity contribution in [2.45, 2.75) is 6.92 Å². The van der Waals surface area contributed by atoms with Crippen molar-refractivity contribution in [1.82, 2.24) is 0 Å². The molecule has 0 aromatic heterocycles. The molecule has 1 amide bonds. The summed E-state index contributed by atoms with van der Waals surface area (Å²) in [5.41, 5.74) is 3.40. The minimum Gasteiger partial charge on any atom is -0.497 e. The molecular formula is C21H21N3O2. The molecule has 0 atom stereocenters. The molecule has 0 aliphatic heterocycles. The maximum atomic E-state index is 12.4. The van der Waals surface area contributed by atoms with Gasteiger partial charge in [-0.05, 0) is 48.9 Å². The molecule has 2 aromatic rings. The number of allylic oxidation sites excluding steroid dienone is 2. The van der Waals surface area contributed by atoms with Gasteiger partial charge in [0.2, 0.25) is 0 Å². The zero-order valence-corrected chi connectivity index (χ0v) is 14.9. The molecule has 0 fully saturated rings. The van der Waals surface area contributed by atoms with E-state index in [1.54, 1.807) is 24.3 Å². The Kier molecular flexibility index (Phi) is 6.62. The average molecular weight is 347 g/mol. The van der Waals surface area contributed by atoms with Gasteiger partial charge in [-0.2, -0.15) is 10.2 Å². The van der Waals surface area contributed by atoms with E-state index >= 15 is 0 Å². The molecule has 5 heteroatoms. The third-order valence-electron chi connectivity index (χ3n) is 3.46. The van der Waals surface area contributed by atoms with Crippen LogP contribution in [-0.4, -0.2) is 13.0 Å². The highest BCUT2D eigenvalue weighted by molar-refractivity contribution is 6.06. The predicted octanol–water partition coefficient (Wildman–Crippen LogP) is 5.62. The molecule has 0 aliphatic carbocycles. The number of anilines is 1. The van der Waals surface area contributed by atoms with E-state index in [2.05, 4.69) is 28.7 Å². The monoisotopic (exact) mass is 347 g/mol. The van der Waals surface area contributed by atoms with Crippen LogP contribution in [-0.2, 0) is 9.53 Å². The first kappa shape index (κ1) is 18.9. The molecule has 26 heavy (non-hydrogen) atoms. The number of methoxy groups -OCH3 is 1. The van der Waals surface area contributed by atoms with E-state index in [1.807, 2.05) is 37.3 Å². The minimum atomic E-state index is -0.343. The summed E-state index contributed by atoms with van der Waals surface area (Å²) in [7, 11) is 1.46. The van der Waals surface area contributed by atoms with Crippen LogP contribution in [0.15, 0.2) is 95.4 Å². The summed E-state index contributed by atoms with van der Waals surface area (Å²) in [6.07, 6.45) is 3.05. The molecular weight excluding hydrogens is 326 g/mol. The minimum absolute atomic E-state index is 0.262. The van der Waals surface area contributed by atoms with E-state index in [9.17, 15) is 4.79 Å². The van der Waals surface area contributed by atoms with Gasteiger partial charge in [0.15, 0.2) is 0 Å². The number of hydrogen-bond donors (Lipinski definition) is 1. The number of benzene rings is 2. The standard InChI is InChI=1S/C21H21N3O2/c1-5-8-20(16(3)26-4)21(25)22-17-10-7-12-19(14-17)24-23-18-11-6-9-15(2)13-18/h5-14H,1,3H2,2,4H3,(H,22,25)/b20-8+,24-23?. The van der Waals surface area contributed by atoms with Gasteiger partial charge in [-0.15, -0.1) is 0 Å². The quantitative estimate of drug-likeness (QED) is 0.306. The fraction of sp³-hybridized carbons (Fsp3) is 0.0952. The lowest BCUT2D eigenvalue weighted by Gasteiger charge is -2.10. The number of nitrogens with zero attached hydrogens (tertiary/aromatic N) is 2. The highest BCUT2D eigenvalue weighted by Gasteiger charge is 2.13. The summed E-state index contributed by atoms with van der Waals surface area (Å²) in [5, 5.41) is 11.2. The number of amides is 1. The van der Waals surface area contributed by atoms with Gasteiger partial charge in [-0.1, -0.05) is 37.4 Å². The largest absolute Gasteiger partial charge is 0.497 e. The molecule has 5 nitrogen and oxygen atoms in total. The second-order valence-corrected chi connectivity index (χ2v) is 5.49. The molecule has 0 unspecified atom stereocenters. The molecule has 132 valence electrons. The third-order valence-corrected chi connectivity index (χ3v) is 3.46. The van der Waals surface area contributed by atoms with E-state index in [-0.39, 0.29) is 11.7 Å². The molecule has 0 saturated heterocycles. The molecule has 2 rings (SSSR count). The van der Waals surface area contributed by atoms with Crippen LogP contribution in [0.5, 0.6) is 0 Å². The molecule has 0 bridgehead atoms. The lowest BCUT2D eigenvalue weighted by atomic mass is 10.2. The predicted molar refractivity (Wildman–Crippen MR) is 105 cm³/mol. The van der Waals surface area contributed by atoms with E-state index in [1.165, 1.54) is 13.2 Å². The SMILES string of the molecule is C=C/C=C(\C(=C)OC)C(=O)Nc1cccc(N=Nc2cccc(C)c2)c1. The van der Waals surface area contributed by atoms with Crippen molar-refractivity contribution >= 4 is 23.0 Å². The number of nitrogens with one attached hydrogen (secondary N) is 1. The Bertz CT molecular complexity index is 882. The van der Waals surface area contributed by atoms with Crippen LogP contribution in [0.4, 0.5) is 17.1 Å².